The van der Waals surface area contributed by atoms with E-state index >= 15 is 0 Å². The van der Waals surface area contributed by atoms with Crippen molar-refractivity contribution in [1.29, 1.82) is 0 Å². The van der Waals surface area contributed by atoms with Gasteiger partial charge in [-0.05, 0) is 39.3 Å². The van der Waals surface area contributed by atoms with Crippen LogP contribution in [-0.4, -0.2) is 14.5 Å². The Hall–Kier alpha value is -2.60. The van der Waals surface area contributed by atoms with Gasteiger partial charge in [-0.3, -0.25) is 10.1 Å². The molecular weight excluding hydrogens is 378 g/mol. The summed E-state index contributed by atoms with van der Waals surface area (Å²) >= 11 is 6.31. The first-order chi connectivity index (χ1) is 13.2. The number of rotatable bonds is 5. The molecule has 7 heteroatoms. The molecule has 3 aromatic rings. The average molecular weight is 402 g/mol. The number of nitrogens with zero attached hydrogens (tertiary/aromatic N) is 3. The zero-order chi connectivity index (χ0) is 20.6. The maximum Gasteiger partial charge on any atom is 0.271 e. The molecule has 0 unspecified atom stereocenters. The maximum atomic E-state index is 11.1. The van der Waals surface area contributed by atoms with Gasteiger partial charge in [-0.25, -0.2) is 4.98 Å². The molecule has 0 aliphatic carbocycles. The number of halogens is 1. The number of hydrogen-bond donors (Lipinski definition) is 0. The van der Waals surface area contributed by atoms with Crippen LogP contribution in [0.4, 0.5) is 5.69 Å². The lowest BCUT2D eigenvalue weighted by Crippen LogP contribution is -2.23. The minimum absolute atomic E-state index is 0.0388. The molecule has 0 aliphatic heterocycles. The van der Waals surface area contributed by atoms with E-state index in [0.717, 1.165) is 23.3 Å². The van der Waals surface area contributed by atoms with Crippen LogP contribution in [0.2, 0.25) is 5.02 Å². The van der Waals surface area contributed by atoms with Crippen molar-refractivity contribution >= 4 is 28.3 Å². The molecule has 3 rings (SSSR count). The summed E-state index contributed by atoms with van der Waals surface area (Å²) in [4.78, 5) is 15.4. The Bertz CT molecular complexity index is 1050. The normalized spacial score (nSPS) is 11.8. The lowest BCUT2D eigenvalue weighted by Gasteiger charge is -2.24. The summed E-state index contributed by atoms with van der Waals surface area (Å²) in [5.74, 6) is 2.08. The summed E-state index contributed by atoms with van der Waals surface area (Å²) in [7, 11) is 0. The first kappa shape index (κ1) is 20.1. The largest absolute Gasteiger partial charge is 0.455 e. The second-order valence-corrected chi connectivity index (χ2v) is 8.07. The number of hydrogen-bond acceptors (Lipinski definition) is 4. The van der Waals surface area contributed by atoms with Crippen molar-refractivity contribution < 1.29 is 9.66 Å². The summed E-state index contributed by atoms with van der Waals surface area (Å²) in [5.41, 5.74) is 2.42. The number of nitro benzene ring substituents is 1. The highest BCUT2D eigenvalue weighted by molar-refractivity contribution is 6.32. The zero-order valence-electron chi connectivity index (χ0n) is 16.7. The fraction of sp³-hybridized carbons (Fsp3) is 0.381. The molecule has 0 atom stereocenters. The van der Waals surface area contributed by atoms with Gasteiger partial charge in [0.15, 0.2) is 0 Å². The molecule has 0 bridgehead atoms. The van der Waals surface area contributed by atoms with Crippen molar-refractivity contribution in [1.82, 2.24) is 9.55 Å². The fourth-order valence-corrected chi connectivity index (χ4v) is 3.66. The summed E-state index contributed by atoms with van der Waals surface area (Å²) in [5, 5.41) is 11.3. The Morgan fingerprint density at radius 1 is 1.18 bits per heavy atom. The maximum absolute atomic E-state index is 11.1. The number of ether oxygens (including phenoxy) is 1. The lowest BCUT2D eigenvalue weighted by molar-refractivity contribution is -0.384. The van der Waals surface area contributed by atoms with Gasteiger partial charge >= 0.3 is 0 Å². The Morgan fingerprint density at radius 3 is 2.46 bits per heavy atom. The Kier molecular flexibility index (Phi) is 5.35. The van der Waals surface area contributed by atoms with Gasteiger partial charge in [-0.1, -0.05) is 25.4 Å². The van der Waals surface area contributed by atoms with Gasteiger partial charge in [0, 0.05) is 35.7 Å². The molecular formula is C21H24ClN3O3. The van der Waals surface area contributed by atoms with Crippen molar-refractivity contribution in [3.8, 4) is 11.5 Å². The van der Waals surface area contributed by atoms with Crippen LogP contribution < -0.4 is 4.74 Å². The lowest BCUT2D eigenvalue weighted by atomic mass is 10.1. The summed E-state index contributed by atoms with van der Waals surface area (Å²) in [6.45, 7) is 10.4. The van der Waals surface area contributed by atoms with E-state index in [0.29, 0.717) is 23.5 Å². The fourth-order valence-electron chi connectivity index (χ4n) is 3.39. The van der Waals surface area contributed by atoms with Gasteiger partial charge in [0.1, 0.15) is 17.3 Å². The molecule has 0 saturated carbocycles. The third-order valence-electron chi connectivity index (χ3n) is 4.60. The third-order valence-corrected chi connectivity index (χ3v) is 4.88. The molecule has 28 heavy (non-hydrogen) atoms. The Labute approximate surface area is 169 Å². The molecule has 0 radical (unpaired) electrons. The molecule has 0 spiro atoms. The van der Waals surface area contributed by atoms with Crippen molar-refractivity contribution in [2.45, 2.75) is 53.0 Å². The van der Waals surface area contributed by atoms with Crippen LogP contribution >= 0.6 is 11.6 Å². The molecule has 0 saturated heterocycles. The van der Waals surface area contributed by atoms with Crippen molar-refractivity contribution in [3.05, 3.63) is 56.9 Å². The average Bonchev–Trinajstić information content (AvgIpc) is 3.01. The number of non-ortho nitro benzene ring substituents is 1. The van der Waals surface area contributed by atoms with Crippen LogP contribution in [0.15, 0.2) is 30.3 Å². The minimum atomic E-state index is -0.449. The highest BCUT2D eigenvalue weighted by atomic mass is 35.5. The molecule has 1 aromatic heterocycles. The molecule has 2 aromatic carbocycles. The quantitative estimate of drug-likeness (QED) is 0.373. The first-order valence-electron chi connectivity index (χ1n) is 9.32. The minimum Gasteiger partial charge on any atom is -0.455 e. The molecule has 0 aliphatic rings. The highest BCUT2D eigenvalue weighted by Crippen LogP contribution is 2.38. The van der Waals surface area contributed by atoms with Crippen molar-refractivity contribution in [2.24, 2.45) is 0 Å². The standard InChI is InChI=1S/C21H24ClN3O3/c1-6-13-10-14(25(26)27)11-16(22)20(13)28-15-8-9-17-18(12-15)24(21(3,4)5)19(7-2)23-17/h8-12H,6-7H2,1-5H3. The predicted molar refractivity (Wildman–Crippen MR) is 112 cm³/mol. The summed E-state index contributed by atoms with van der Waals surface area (Å²) < 4.78 is 8.30. The smallest absolute Gasteiger partial charge is 0.271 e. The monoisotopic (exact) mass is 401 g/mol. The number of aryl methyl sites for hydroxylation is 2. The van der Waals surface area contributed by atoms with E-state index < -0.39 is 4.92 Å². The van der Waals surface area contributed by atoms with Crippen LogP contribution in [0.3, 0.4) is 0 Å². The molecule has 6 nitrogen and oxygen atoms in total. The molecule has 0 amide bonds. The Morgan fingerprint density at radius 2 is 1.89 bits per heavy atom. The number of imidazole rings is 1. The van der Waals surface area contributed by atoms with Gasteiger partial charge in [0.25, 0.3) is 5.69 Å². The number of nitro groups is 1. The highest BCUT2D eigenvalue weighted by Gasteiger charge is 2.22. The van der Waals surface area contributed by atoms with E-state index in [4.69, 9.17) is 21.3 Å². The van der Waals surface area contributed by atoms with Crippen LogP contribution in [0, 0.1) is 10.1 Å². The van der Waals surface area contributed by atoms with Crippen molar-refractivity contribution in [3.63, 3.8) is 0 Å². The molecule has 1 heterocycles. The van der Waals surface area contributed by atoms with E-state index in [1.165, 1.54) is 12.1 Å². The van der Waals surface area contributed by atoms with E-state index in [-0.39, 0.29) is 16.2 Å². The van der Waals surface area contributed by atoms with E-state index in [1.807, 2.05) is 25.1 Å². The molecule has 0 N–H and O–H groups in total. The van der Waals surface area contributed by atoms with Gasteiger partial charge in [0.2, 0.25) is 0 Å². The number of fused-ring (bicyclic) bond motifs is 1. The number of benzene rings is 2. The second kappa shape index (κ2) is 7.43. The summed E-state index contributed by atoms with van der Waals surface area (Å²) in [6.07, 6.45) is 1.40. The van der Waals surface area contributed by atoms with Gasteiger partial charge < -0.3 is 9.30 Å². The summed E-state index contributed by atoms with van der Waals surface area (Å²) in [6, 6.07) is 8.55. The van der Waals surface area contributed by atoms with Crippen LogP contribution in [0.5, 0.6) is 11.5 Å². The third kappa shape index (κ3) is 3.69. The topological polar surface area (TPSA) is 70.2 Å². The van der Waals surface area contributed by atoms with E-state index in [9.17, 15) is 10.1 Å². The zero-order valence-corrected chi connectivity index (χ0v) is 17.5. The SMILES string of the molecule is CCc1cc([N+](=O)[O-])cc(Cl)c1Oc1ccc2nc(CC)n(C(C)(C)C)c2c1. The van der Waals surface area contributed by atoms with Crippen molar-refractivity contribution in [2.75, 3.05) is 0 Å². The molecule has 0 fully saturated rings. The van der Waals surface area contributed by atoms with Gasteiger partial charge in [-0.15, -0.1) is 0 Å². The predicted octanol–water partition coefficient (Wildman–Crippen LogP) is 6.27. The number of aromatic nitrogens is 2. The second-order valence-electron chi connectivity index (χ2n) is 7.67. The van der Waals surface area contributed by atoms with Crippen LogP contribution in [-0.2, 0) is 18.4 Å². The first-order valence-corrected chi connectivity index (χ1v) is 9.70. The van der Waals surface area contributed by atoms with Gasteiger partial charge in [0.05, 0.1) is 21.0 Å². The molecule has 148 valence electrons. The van der Waals surface area contributed by atoms with Gasteiger partial charge in [-0.2, -0.15) is 0 Å². The van der Waals surface area contributed by atoms with E-state index in [1.54, 1.807) is 0 Å². The van der Waals surface area contributed by atoms with Crippen LogP contribution in [0.25, 0.3) is 11.0 Å². The van der Waals surface area contributed by atoms with Crippen LogP contribution in [0.1, 0.15) is 46.0 Å². The Balaban J connectivity index is 2.10. The van der Waals surface area contributed by atoms with E-state index in [2.05, 4.69) is 32.3 Å².